The van der Waals surface area contributed by atoms with E-state index in [4.69, 9.17) is 9.47 Å². The van der Waals surface area contributed by atoms with E-state index in [0.717, 1.165) is 22.8 Å². The number of rotatable bonds is 2. The summed E-state index contributed by atoms with van der Waals surface area (Å²) in [6.45, 7) is 3.04. The van der Waals surface area contributed by atoms with Crippen LogP contribution in [0, 0.1) is 6.92 Å². The van der Waals surface area contributed by atoms with Crippen molar-refractivity contribution in [2.45, 2.75) is 12.3 Å². The van der Waals surface area contributed by atoms with E-state index in [1.165, 1.54) is 0 Å². The molecule has 2 aromatic rings. The molecule has 4 rings (SSSR count). The van der Waals surface area contributed by atoms with Gasteiger partial charge in [-0.15, -0.1) is 11.8 Å². The molecule has 1 atom stereocenters. The molecule has 3 heterocycles. The summed E-state index contributed by atoms with van der Waals surface area (Å²) in [6.07, 6.45) is 0. The zero-order valence-corrected chi connectivity index (χ0v) is 12.9. The van der Waals surface area contributed by atoms with Gasteiger partial charge in [0.1, 0.15) is 18.6 Å². The summed E-state index contributed by atoms with van der Waals surface area (Å²) in [6, 6.07) is 7.73. The molecule has 1 fully saturated rings. The molecule has 0 aliphatic carbocycles. The second-order valence-corrected chi connectivity index (χ2v) is 6.31. The lowest BCUT2D eigenvalue weighted by Crippen LogP contribution is -2.28. The van der Waals surface area contributed by atoms with E-state index >= 15 is 0 Å². The van der Waals surface area contributed by atoms with Crippen LogP contribution in [0.5, 0.6) is 11.5 Å². The summed E-state index contributed by atoms with van der Waals surface area (Å²) in [5.41, 5.74) is 1.95. The molecule has 22 heavy (non-hydrogen) atoms. The summed E-state index contributed by atoms with van der Waals surface area (Å²) in [7, 11) is 0. The average Bonchev–Trinajstić information content (AvgIpc) is 3.12. The number of anilines is 1. The van der Waals surface area contributed by atoms with Crippen LogP contribution >= 0.6 is 11.8 Å². The number of aromatic amines is 1. The van der Waals surface area contributed by atoms with Crippen LogP contribution in [0.25, 0.3) is 0 Å². The molecule has 0 spiro atoms. The fraction of sp³-hybridized carbons (Fsp3) is 0.333. The third-order valence-electron chi connectivity index (χ3n) is 3.66. The minimum Gasteiger partial charge on any atom is -0.486 e. The number of nitrogens with one attached hydrogen (secondary N) is 1. The first-order valence-corrected chi connectivity index (χ1v) is 8.12. The second-order valence-electron chi connectivity index (χ2n) is 5.24. The number of carbonyl (C=O) groups is 1. The molecular formula is C15H15N3O3S. The Bertz CT molecular complexity index is 731. The number of nitrogens with zero attached hydrogens (tertiary/aromatic N) is 2. The number of H-pyrrole nitrogens is 1. The molecule has 2 aliphatic rings. The van der Waals surface area contributed by atoms with Gasteiger partial charge in [0, 0.05) is 11.8 Å². The van der Waals surface area contributed by atoms with Crippen molar-refractivity contribution in [1.82, 2.24) is 10.2 Å². The van der Waals surface area contributed by atoms with Gasteiger partial charge in [0.15, 0.2) is 17.3 Å². The van der Waals surface area contributed by atoms with Crippen LogP contribution in [0.1, 0.15) is 16.6 Å². The topological polar surface area (TPSA) is 67.5 Å². The van der Waals surface area contributed by atoms with Crippen LogP contribution in [-0.4, -0.2) is 35.1 Å². The molecule has 1 amide bonds. The van der Waals surface area contributed by atoms with E-state index in [1.807, 2.05) is 31.2 Å². The van der Waals surface area contributed by atoms with E-state index in [-0.39, 0.29) is 11.3 Å². The van der Waals surface area contributed by atoms with Gasteiger partial charge in [0.05, 0.1) is 5.75 Å². The molecule has 6 nitrogen and oxygen atoms in total. The first-order valence-electron chi connectivity index (χ1n) is 7.07. The fourth-order valence-electron chi connectivity index (χ4n) is 2.66. The summed E-state index contributed by atoms with van der Waals surface area (Å²) < 4.78 is 11.2. The number of ether oxygens (including phenoxy) is 2. The number of hydrogen-bond donors (Lipinski definition) is 1. The van der Waals surface area contributed by atoms with Gasteiger partial charge in [0.2, 0.25) is 5.91 Å². The van der Waals surface area contributed by atoms with Gasteiger partial charge in [-0.2, -0.15) is 5.10 Å². The summed E-state index contributed by atoms with van der Waals surface area (Å²) in [5.74, 6) is 2.67. The van der Waals surface area contributed by atoms with Crippen LogP contribution in [0.15, 0.2) is 24.3 Å². The molecule has 1 aromatic heterocycles. The van der Waals surface area contributed by atoms with Crippen molar-refractivity contribution in [2.24, 2.45) is 0 Å². The Hall–Kier alpha value is -2.15. The molecule has 0 radical (unpaired) electrons. The largest absolute Gasteiger partial charge is 0.486 e. The molecule has 1 N–H and O–H groups in total. The van der Waals surface area contributed by atoms with Crippen molar-refractivity contribution in [1.29, 1.82) is 0 Å². The zero-order valence-electron chi connectivity index (χ0n) is 12.0. The summed E-state index contributed by atoms with van der Waals surface area (Å²) >= 11 is 1.59. The van der Waals surface area contributed by atoms with Gasteiger partial charge < -0.3 is 9.47 Å². The predicted molar refractivity (Wildman–Crippen MR) is 83.4 cm³/mol. The van der Waals surface area contributed by atoms with Crippen molar-refractivity contribution in [3.8, 4) is 11.5 Å². The first-order chi connectivity index (χ1) is 10.7. The Kier molecular flexibility index (Phi) is 3.22. The monoisotopic (exact) mass is 317 g/mol. The molecule has 7 heteroatoms. The molecular weight excluding hydrogens is 302 g/mol. The van der Waals surface area contributed by atoms with E-state index in [1.54, 1.807) is 16.7 Å². The average molecular weight is 317 g/mol. The van der Waals surface area contributed by atoms with E-state index in [9.17, 15) is 4.79 Å². The van der Waals surface area contributed by atoms with Crippen LogP contribution in [0.4, 0.5) is 5.82 Å². The number of hydrogen-bond acceptors (Lipinski definition) is 5. The Morgan fingerprint density at radius 2 is 2.09 bits per heavy atom. The Morgan fingerprint density at radius 1 is 1.27 bits per heavy atom. The highest BCUT2D eigenvalue weighted by molar-refractivity contribution is 8.00. The normalized spacial score (nSPS) is 20.5. The van der Waals surface area contributed by atoms with Crippen molar-refractivity contribution in [3.05, 3.63) is 35.5 Å². The lowest BCUT2D eigenvalue weighted by atomic mass is 10.1. The summed E-state index contributed by atoms with van der Waals surface area (Å²) in [4.78, 5) is 14.0. The summed E-state index contributed by atoms with van der Waals surface area (Å²) in [5, 5.41) is 7.02. The van der Waals surface area contributed by atoms with Gasteiger partial charge in [-0.25, -0.2) is 0 Å². The first kappa shape index (κ1) is 13.5. The fourth-order valence-corrected chi connectivity index (χ4v) is 3.81. The van der Waals surface area contributed by atoms with Gasteiger partial charge in [-0.3, -0.25) is 14.8 Å². The van der Waals surface area contributed by atoms with Gasteiger partial charge in [-0.1, -0.05) is 6.07 Å². The van der Waals surface area contributed by atoms with E-state index in [2.05, 4.69) is 10.2 Å². The number of carbonyl (C=O) groups excluding carboxylic acids is 1. The molecule has 0 bridgehead atoms. The lowest BCUT2D eigenvalue weighted by Gasteiger charge is -2.24. The van der Waals surface area contributed by atoms with Gasteiger partial charge in [0.25, 0.3) is 0 Å². The molecule has 114 valence electrons. The highest BCUT2D eigenvalue weighted by Gasteiger charge is 2.36. The zero-order chi connectivity index (χ0) is 15.1. The maximum Gasteiger partial charge on any atom is 0.239 e. The number of amides is 1. The highest BCUT2D eigenvalue weighted by atomic mass is 32.2. The smallest absolute Gasteiger partial charge is 0.239 e. The molecule has 0 saturated carbocycles. The molecule has 1 unspecified atom stereocenters. The van der Waals surface area contributed by atoms with Crippen molar-refractivity contribution >= 4 is 23.5 Å². The third kappa shape index (κ3) is 2.21. The number of aryl methyl sites for hydroxylation is 1. The molecule has 1 saturated heterocycles. The maximum atomic E-state index is 12.3. The third-order valence-corrected chi connectivity index (χ3v) is 4.87. The van der Waals surface area contributed by atoms with Gasteiger partial charge in [-0.05, 0) is 24.6 Å². The SMILES string of the molecule is Cc1cc(N2C(=O)CSC2c2ccc3c(c2)OCCO3)n[nH]1. The van der Waals surface area contributed by atoms with Crippen molar-refractivity contribution in [3.63, 3.8) is 0 Å². The minimum absolute atomic E-state index is 0.0661. The van der Waals surface area contributed by atoms with Gasteiger partial charge >= 0.3 is 0 Å². The van der Waals surface area contributed by atoms with Crippen LogP contribution in [-0.2, 0) is 4.79 Å². The van der Waals surface area contributed by atoms with E-state index < -0.39 is 0 Å². The second kappa shape index (κ2) is 5.24. The minimum atomic E-state index is -0.0916. The Balaban J connectivity index is 1.70. The number of aromatic nitrogens is 2. The number of benzene rings is 1. The van der Waals surface area contributed by atoms with E-state index in [0.29, 0.717) is 24.8 Å². The Labute approximate surface area is 131 Å². The quantitative estimate of drug-likeness (QED) is 0.920. The van der Waals surface area contributed by atoms with Crippen LogP contribution < -0.4 is 14.4 Å². The molecule has 1 aromatic carbocycles. The highest BCUT2D eigenvalue weighted by Crippen LogP contribution is 2.43. The molecule has 2 aliphatic heterocycles. The van der Waals surface area contributed by atoms with Crippen molar-refractivity contribution in [2.75, 3.05) is 23.9 Å². The van der Waals surface area contributed by atoms with Crippen LogP contribution in [0.3, 0.4) is 0 Å². The Morgan fingerprint density at radius 3 is 2.86 bits per heavy atom. The van der Waals surface area contributed by atoms with Crippen LogP contribution in [0.2, 0.25) is 0 Å². The standard InChI is InChI=1S/C15H15N3O3S/c1-9-6-13(17-16-9)18-14(19)8-22-15(18)10-2-3-11-12(7-10)21-5-4-20-11/h2-3,6-7,15H,4-5,8H2,1H3,(H,16,17). The maximum absolute atomic E-state index is 12.3. The lowest BCUT2D eigenvalue weighted by molar-refractivity contribution is -0.115. The number of fused-ring (bicyclic) bond motifs is 1. The predicted octanol–water partition coefficient (Wildman–Crippen LogP) is 2.27. The number of thioether (sulfide) groups is 1. The van der Waals surface area contributed by atoms with Crippen molar-refractivity contribution < 1.29 is 14.3 Å².